The smallest absolute Gasteiger partial charge is 0.494 e. The van der Waals surface area contributed by atoms with Crippen LogP contribution < -0.4 is 19.9 Å². The Morgan fingerprint density at radius 2 is 1.84 bits per heavy atom. The van der Waals surface area contributed by atoms with Crippen LogP contribution in [0, 0.1) is 0 Å². The minimum atomic E-state index is -0.495. The van der Waals surface area contributed by atoms with Crippen molar-refractivity contribution in [2.75, 3.05) is 17.2 Å². The summed E-state index contributed by atoms with van der Waals surface area (Å²) < 4.78 is 6.71. The number of anilines is 2. The highest BCUT2D eigenvalue weighted by atomic mass is 16.5. The predicted octanol–water partition coefficient (Wildman–Crippen LogP) is 2.13. The lowest BCUT2D eigenvalue weighted by atomic mass is 10.2. The standard InChI is InChI=1S/C18H14N4O3/c1-2-25-12-9-7-11(8-10-12)21-17(23)15-16(19)20-13-5-3-4-6-14(13)22(15)18(21)24/h3-10H,2H2,1H3,(H-,19,20,23)/p+1. The molecule has 0 aliphatic carbocycles. The SMILES string of the molecule is CCOc1ccc(N2C(=O)c3c(N)nc4ccccc4[n+]3C2=O)cc1. The molecular weight excluding hydrogens is 320 g/mol. The normalized spacial score (nSPS) is 13.4. The number of imide groups is 1. The molecule has 1 aliphatic rings. The number of fused-ring (bicyclic) bond motifs is 3. The van der Waals surface area contributed by atoms with Crippen molar-refractivity contribution in [3.63, 3.8) is 0 Å². The van der Waals surface area contributed by atoms with E-state index in [1.807, 2.05) is 6.92 Å². The van der Waals surface area contributed by atoms with E-state index in [0.717, 1.165) is 4.90 Å². The minimum absolute atomic E-state index is 0.0329. The summed E-state index contributed by atoms with van der Waals surface area (Å²) in [4.78, 5) is 31.1. The van der Waals surface area contributed by atoms with Crippen LogP contribution in [0.1, 0.15) is 17.4 Å². The van der Waals surface area contributed by atoms with Gasteiger partial charge in [-0.25, -0.2) is 9.78 Å². The number of ether oxygens (including phenoxy) is 1. The molecule has 2 heterocycles. The molecule has 0 atom stereocenters. The molecule has 0 bridgehead atoms. The summed E-state index contributed by atoms with van der Waals surface area (Å²) in [7, 11) is 0. The summed E-state index contributed by atoms with van der Waals surface area (Å²) in [6.45, 7) is 2.42. The second-order valence-corrected chi connectivity index (χ2v) is 5.52. The van der Waals surface area contributed by atoms with Gasteiger partial charge < -0.3 is 10.5 Å². The molecule has 3 aromatic rings. The number of nitrogens with zero attached hydrogens (tertiary/aromatic N) is 3. The van der Waals surface area contributed by atoms with Crippen molar-refractivity contribution in [3.8, 4) is 5.75 Å². The molecule has 1 aliphatic heterocycles. The van der Waals surface area contributed by atoms with Crippen LogP contribution >= 0.6 is 0 Å². The van der Waals surface area contributed by atoms with E-state index in [1.165, 1.54) is 4.57 Å². The average Bonchev–Trinajstić information content (AvgIpc) is 2.88. The fourth-order valence-corrected chi connectivity index (χ4v) is 2.95. The molecule has 2 amide bonds. The Hall–Kier alpha value is -3.48. The molecule has 2 aromatic carbocycles. The van der Waals surface area contributed by atoms with Crippen molar-refractivity contribution in [2.24, 2.45) is 0 Å². The molecule has 7 heteroatoms. The molecule has 0 radical (unpaired) electrons. The molecule has 0 saturated carbocycles. The van der Waals surface area contributed by atoms with Gasteiger partial charge in [0, 0.05) is 0 Å². The van der Waals surface area contributed by atoms with E-state index in [1.54, 1.807) is 48.5 Å². The third-order valence-electron chi connectivity index (χ3n) is 4.02. The van der Waals surface area contributed by atoms with Gasteiger partial charge in [0.15, 0.2) is 11.3 Å². The van der Waals surface area contributed by atoms with Gasteiger partial charge in [-0.15, -0.1) is 9.47 Å². The van der Waals surface area contributed by atoms with E-state index in [2.05, 4.69) is 4.98 Å². The predicted molar refractivity (Wildman–Crippen MR) is 91.6 cm³/mol. The number of benzene rings is 2. The lowest BCUT2D eigenvalue weighted by molar-refractivity contribution is -0.537. The lowest BCUT2D eigenvalue weighted by Gasteiger charge is -2.06. The number of amides is 2. The van der Waals surface area contributed by atoms with E-state index in [9.17, 15) is 9.59 Å². The maximum absolute atomic E-state index is 12.9. The topological polar surface area (TPSA) is 89.4 Å². The molecule has 7 nitrogen and oxygen atoms in total. The van der Waals surface area contributed by atoms with Crippen LogP contribution in [-0.2, 0) is 0 Å². The van der Waals surface area contributed by atoms with Gasteiger partial charge in [0.25, 0.3) is 5.69 Å². The van der Waals surface area contributed by atoms with Gasteiger partial charge in [-0.05, 0) is 43.3 Å². The van der Waals surface area contributed by atoms with Gasteiger partial charge in [0.2, 0.25) is 0 Å². The highest BCUT2D eigenvalue weighted by molar-refractivity contribution is 6.23. The second-order valence-electron chi connectivity index (χ2n) is 5.52. The summed E-state index contributed by atoms with van der Waals surface area (Å²) in [5.74, 6) is 0.206. The van der Waals surface area contributed by atoms with E-state index in [0.29, 0.717) is 29.1 Å². The molecule has 124 valence electrons. The highest BCUT2D eigenvalue weighted by Crippen LogP contribution is 2.26. The maximum Gasteiger partial charge on any atom is 0.512 e. The van der Waals surface area contributed by atoms with E-state index < -0.39 is 11.9 Å². The number of carbonyl (C=O) groups excluding carboxylic acids is 2. The Labute approximate surface area is 143 Å². The van der Waals surface area contributed by atoms with Gasteiger partial charge >= 0.3 is 11.9 Å². The zero-order valence-electron chi connectivity index (χ0n) is 13.5. The quantitative estimate of drug-likeness (QED) is 0.741. The number of nitrogen functional groups attached to an aromatic ring is 1. The van der Waals surface area contributed by atoms with Crippen LogP contribution in [0.2, 0.25) is 0 Å². The summed E-state index contributed by atoms with van der Waals surface area (Å²) in [6, 6.07) is 13.3. The van der Waals surface area contributed by atoms with Gasteiger partial charge in [0.05, 0.1) is 6.61 Å². The zero-order valence-corrected chi connectivity index (χ0v) is 13.5. The van der Waals surface area contributed by atoms with Gasteiger partial charge in [-0.2, -0.15) is 4.79 Å². The summed E-state index contributed by atoms with van der Waals surface area (Å²) >= 11 is 0. The molecule has 1 aromatic heterocycles. The largest absolute Gasteiger partial charge is 0.512 e. The van der Waals surface area contributed by atoms with Crippen LogP contribution in [0.3, 0.4) is 0 Å². The van der Waals surface area contributed by atoms with Crippen LogP contribution in [0.4, 0.5) is 16.3 Å². The van der Waals surface area contributed by atoms with Crippen LogP contribution in [0.15, 0.2) is 48.5 Å². The van der Waals surface area contributed by atoms with Crippen molar-refractivity contribution < 1.29 is 18.9 Å². The minimum Gasteiger partial charge on any atom is -0.494 e. The third-order valence-corrected chi connectivity index (χ3v) is 4.02. The first kappa shape index (κ1) is 15.1. The number of para-hydroxylation sites is 2. The number of hydrogen-bond acceptors (Lipinski definition) is 5. The van der Waals surface area contributed by atoms with Crippen LogP contribution in [0.5, 0.6) is 5.75 Å². The van der Waals surface area contributed by atoms with E-state index in [-0.39, 0.29) is 11.5 Å². The molecule has 0 saturated heterocycles. The second kappa shape index (κ2) is 5.55. The average molecular weight is 335 g/mol. The number of carbonyl (C=O) groups is 2. The highest BCUT2D eigenvalue weighted by Gasteiger charge is 2.50. The Morgan fingerprint density at radius 1 is 1.12 bits per heavy atom. The molecule has 0 fully saturated rings. The molecular formula is C18H15N4O3+. The van der Waals surface area contributed by atoms with Crippen molar-refractivity contribution in [2.45, 2.75) is 6.92 Å². The molecule has 4 rings (SSSR count). The lowest BCUT2D eigenvalue weighted by Crippen LogP contribution is -2.47. The number of nitrogens with two attached hydrogens (primary N) is 1. The summed E-state index contributed by atoms with van der Waals surface area (Å²) in [5.41, 5.74) is 7.57. The van der Waals surface area contributed by atoms with Crippen molar-refractivity contribution >= 4 is 34.5 Å². The fraction of sp³-hybridized carbons (Fsp3) is 0.111. The Bertz CT molecular complexity index is 1010. The molecule has 0 unspecified atom stereocenters. The van der Waals surface area contributed by atoms with E-state index >= 15 is 0 Å². The number of rotatable bonds is 3. The van der Waals surface area contributed by atoms with Crippen LogP contribution in [-0.4, -0.2) is 23.5 Å². The molecule has 2 N–H and O–H groups in total. The first-order valence-corrected chi connectivity index (χ1v) is 7.83. The van der Waals surface area contributed by atoms with Gasteiger partial charge in [-0.3, -0.25) is 0 Å². The van der Waals surface area contributed by atoms with E-state index in [4.69, 9.17) is 10.5 Å². The number of aromatic nitrogens is 2. The number of hydrogen-bond donors (Lipinski definition) is 1. The fourth-order valence-electron chi connectivity index (χ4n) is 2.95. The maximum atomic E-state index is 12.9. The zero-order chi connectivity index (χ0) is 17.6. The van der Waals surface area contributed by atoms with Gasteiger partial charge in [0.1, 0.15) is 17.0 Å². The first-order chi connectivity index (χ1) is 12.1. The van der Waals surface area contributed by atoms with Crippen molar-refractivity contribution in [3.05, 3.63) is 54.2 Å². The molecule has 0 spiro atoms. The summed E-state index contributed by atoms with van der Waals surface area (Å²) in [6.07, 6.45) is 0. The van der Waals surface area contributed by atoms with Crippen molar-refractivity contribution in [1.82, 2.24) is 4.98 Å². The van der Waals surface area contributed by atoms with Gasteiger partial charge in [-0.1, -0.05) is 12.1 Å². The Kier molecular flexibility index (Phi) is 3.35. The molecule has 25 heavy (non-hydrogen) atoms. The van der Waals surface area contributed by atoms with Crippen molar-refractivity contribution in [1.29, 1.82) is 0 Å². The summed E-state index contributed by atoms with van der Waals surface area (Å²) in [5, 5.41) is 0. The Balaban J connectivity index is 1.85. The first-order valence-electron chi connectivity index (χ1n) is 7.83. The monoisotopic (exact) mass is 335 g/mol. The van der Waals surface area contributed by atoms with Crippen LogP contribution in [0.25, 0.3) is 11.0 Å². The third kappa shape index (κ3) is 2.20. The Morgan fingerprint density at radius 3 is 2.56 bits per heavy atom.